The molecule has 1 aliphatic carbocycles. The fourth-order valence-electron chi connectivity index (χ4n) is 1.90. The summed E-state index contributed by atoms with van der Waals surface area (Å²) in [5, 5.41) is 22.3. The normalized spacial score (nSPS) is 19.4. The zero-order valence-corrected chi connectivity index (χ0v) is 9.61. The van der Waals surface area contributed by atoms with Gasteiger partial charge in [-0.25, -0.2) is 0 Å². The number of nitrogens with one attached hydrogen (secondary N) is 1. The third-order valence-electron chi connectivity index (χ3n) is 3.48. The predicted molar refractivity (Wildman–Crippen MR) is 63.3 cm³/mol. The van der Waals surface area contributed by atoms with Crippen molar-refractivity contribution in [2.45, 2.75) is 25.8 Å². The number of hydrogen-bond donors (Lipinski definition) is 3. The average molecular weight is 221 g/mol. The Morgan fingerprint density at radius 2 is 2.06 bits per heavy atom. The summed E-state index contributed by atoms with van der Waals surface area (Å²) in [5.74, 6) is 0.330. The van der Waals surface area contributed by atoms with E-state index in [1.54, 1.807) is 6.07 Å². The minimum absolute atomic E-state index is 0.110. The molecule has 1 saturated carbocycles. The molecule has 1 aromatic carbocycles. The molecule has 3 nitrogen and oxygen atoms in total. The second kappa shape index (κ2) is 4.44. The van der Waals surface area contributed by atoms with E-state index in [2.05, 4.69) is 5.32 Å². The number of aliphatic hydroxyl groups is 1. The Labute approximate surface area is 96.1 Å². The molecule has 1 atom stereocenters. The van der Waals surface area contributed by atoms with Crippen LogP contribution in [0.2, 0.25) is 0 Å². The maximum absolute atomic E-state index is 9.69. The van der Waals surface area contributed by atoms with Crippen LogP contribution in [0, 0.1) is 5.41 Å². The third-order valence-corrected chi connectivity index (χ3v) is 3.48. The molecule has 0 amide bonds. The highest BCUT2D eigenvalue weighted by molar-refractivity contribution is 5.34. The third kappa shape index (κ3) is 2.36. The van der Waals surface area contributed by atoms with Gasteiger partial charge in [-0.15, -0.1) is 0 Å². The number of rotatable bonds is 5. The first-order valence-electron chi connectivity index (χ1n) is 5.79. The molecule has 0 radical (unpaired) electrons. The zero-order valence-electron chi connectivity index (χ0n) is 9.61. The van der Waals surface area contributed by atoms with Gasteiger partial charge in [0.2, 0.25) is 0 Å². The number of para-hydroxylation sites is 1. The highest BCUT2D eigenvalue weighted by atomic mass is 16.3. The van der Waals surface area contributed by atoms with Crippen LogP contribution in [0.3, 0.4) is 0 Å². The van der Waals surface area contributed by atoms with Crippen molar-refractivity contribution in [1.29, 1.82) is 0 Å². The highest BCUT2D eigenvalue weighted by Gasteiger charge is 2.41. The molecule has 0 aliphatic heterocycles. The fraction of sp³-hybridized carbons (Fsp3) is 0.538. The molecule has 0 spiro atoms. The Hall–Kier alpha value is -1.06. The highest BCUT2D eigenvalue weighted by Crippen LogP contribution is 2.44. The van der Waals surface area contributed by atoms with E-state index in [1.807, 2.05) is 25.1 Å². The molecule has 1 unspecified atom stereocenters. The van der Waals surface area contributed by atoms with Crippen LogP contribution in [0.4, 0.5) is 0 Å². The lowest BCUT2D eigenvalue weighted by atomic mass is 10.0. The lowest BCUT2D eigenvalue weighted by molar-refractivity contribution is 0.204. The summed E-state index contributed by atoms with van der Waals surface area (Å²) in [6.07, 6.45) is 2.20. The molecule has 0 bridgehead atoms. The van der Waals surface area contributed by atoms with Crippen LogP contribution < -0.4 is 5.32 Å². The van der Waals surface area contributed by atoms with Crippen molar-refractivity contribution in [3.8, 4) is 5.75 Å². The van der Waals surface area contributed by atoms with Gasteiger partial charge in [0.1, 0.15) is 5.75 Å². The van der Waals surface area contributed by atoms with E-state index in [0.29, 0.717) is 5.75 Å². The molecule has 16 heavy (non-hydrogen) atoms. The first kappa shape index (κ1) is 11.4. The van der Waals surface area contributed by atoms with Crippen molar-refractivity contribution in [2.75, 3.05) is 13.2 Å². The molecule has 0 aromatic heterocycles. The van der Waals surface area contributed by atoms with Crippen LogP contribution in [0.25, 0.3) is 0 Å². The second-order valence-electron chi connectivity index (χ2n) is 4.82. The average Bonchev–Trinajstić information content (AvgIpc) is 3.07. The van der Waals surface area contributed by atoms with Crippen LogP contribution in [0.5, 0.6) is 5.75 Å². The van der Waals surface area contributed by atoms with Crippen LogP contribution in [-0.2, 0) is 0 Å². The summed E-state index contributed by atoms with van der Waals surface area (Å²) >= 11 is 0. The van der Waals surface area contributed by atoms with E-state index in [0.717, 1.165) is 24.9 Å². The molecule has 3 N–H and O–H groups in total. The molecule has 0 saturated heterocycles. The topological polar surface area (TPSA) is 52.5 Å². The summed E-state index contributed by atoms with van der Waals surface area (Å²) in [6, 6.07) is 7.48. The number of benzene rings is 1. The van der Waals surface area contributed by atoms with Gasteiger partial charge in [0, 0.05) is 30.2 Å². The largest absolute Gasteiger partial charge is 0.508 e. The summed E-state index contributed by atoms with van der Waals surface area (Å²) < 4.78 is 0. The van der Waals surface area contributed by atoms with Gasteiger partial charge >= 0.3 is 0 Å². The summed E-state index contributed by atoms with van der Waals surface area (Å²) in [5.41, 5.74) is 1.02. The fourth-order valence-corrected chi connectivity index (χ4v) is 1.90. The maximum Gasteiger partial charge on any atom is 0.120 e. The van der Waals surface area contributed by atoms with E-state index in [1.165, 1.54) is 0 Å². The van der Waals surface area contributed by atoms with Crippen molar-refractivity contribution in [3.63, 3.8) is 0 Å². The smallest absolute Gasteiger partial charge is 0.120 e. The van der Waals surface area contributed by atoms with Crippen molar-refractivity contribution in [2.24, 2.45) is 5.41 Å². The summed E-state index contributed by atoms with van der Waals surface area (Å²) in [7, 11) is 0. The van der Waals surface area contributed by atoms with Gasteiger partial charge in [0.05, 0.1) is 0 Å². The molecular weight excluding hydrogens is 202 g/mol. The van der Waals surface area contributed by atoms with Gasteiger partial charge in [-0.05, 0) is 25.8 Å². The summed E-state index contributed by atoms with van der Waals surface area (Å²) in [4.78, 5) is 0. The minimum atomic E-state index is 0.110. The van der Waals surface area contributed by atoms with E-state index in [4.69, 9.17) is 0 Å². The molecule has 1 aliphatic rings. The van der Waals surface area contributed by atoms with Gasteiger partial charge in [0.15, 0.2) is 0 Å². The lowest BCUT2D eigenvalue weighted by Crippen LogP contribution is -2.28. The van der Waals surface area contributed by atoms with Crippen molar-refractivity contribution < 1.29 is 10.2 Å². The first-order chi connectivity index (χ1) is 7.67. The predicted octanol–water partition coefficient (Wildman–Crippen LogP) is 1.82. The SMILES string of the molecule is CC(NCC1(CO)CC1)c1ccccc1O. The number of aromatic hydroxyl groups is 1. The van der Waals surface area contributed by atoms with Crippen LogP contribution >= 0.6 is 0 Å². The van der Waals surface area contributed by atoms with Crippen molar-refractivity contribution >= 4 is 0 Å². The number of aliphatic hydroxyl groups excluding tert-OH is 1. The lowest BCUT2D eigenvalue weighted by Gasteiger charge is -2.19. The number of phenols is 1. The van der Waals surface area contributed by atoms with Gasteiger partial charge in [-0.3, -0.25) is 0 Å². The Balaban J connectivity index is 1.93. The standard InChI is InChI=1S/C13H19NO2/c1-10(11-4-2-3-5-12(11)16)14-8-13(9-15)6-7-13/h2-5,10,14-16H,6-9H2,1H3. The van der Waals surface area contributed by atoms with E-state index < -0.39 is 0 Å². The molecule has 3 heteroatoms. The first-order valence-corrected chi connectivity index (χ1v) is 5.79. The summed E-state index contributed by atoms with van der Waals surface area (Å²) in [6.45, 7) is 3.11. The molecule has 2 rings (SSSR count). The van der Waals surface area contributed by atoms with Crippen LogP contribution in [0.1, 0.15) is 31.4 Å². The van der Waals surface area contributed by atoms with Crippen LogP contribution in [0.15, 0.2) is 24.3 Å². The van der Waals surface area contributed by atoms with Gasteiger partial charge in [-0.2, -0.15) is 0 Å². The van der Waals surface area contributed by atoms with E-state index in [-0.39, 0.29) is 18.1 Å². The van der Waals surface area contributed by atoms with Gasteiger partial charge in [0.25, 0.3) is 0 Å². The second-order valence-corrected chi connectivity index (χ2v) is 4.82. The molecule has 1 aromatic rings. The quantitative estimate of drug-likeness (QED) is 0.711. The molecule has 0 heterocycles. The molecular formula is C13H19NO2. The maximum atomic E-state index is 9.69. The number of hydrogen-bond acceptors (Lipinski definition) is 3. The van der Waals surface area contributed by atoms with Crippen molar-refractivity contribution in [1.82, 2.24) is 5.32 Å². The Morgan fingerprint density at radius 3 is 2.62 bits per heavy atom. The minimum Gasteiger partial charge on any atom is -0.508 e. The monoisotopic (exact) mass is 221 g/mol. The number of phenolic OH excluding ortho intramolecular Hbond substituents is 1. The molecule has 1 fully saturated rings. The van der Waals surface area contributed by atoms with Crippen LogP contribution in [-0.4, -0.2) is 23.4 Å². The van der Waals surface area contributed by atoms with Crippen molar-refractivity contribution in [3.05, 3.63) is 29.8 Å². The molecule has 88 valence electrons. The Morgan fingerprint density at radius 1 is 1.38 bits per heavy atom. The zero-order chi connectivity index (χ0) is 11.6. The Bertz CT molecular complexity index is 361. The van der Waals surface area contributed by atoms with Gasteiger partial charge < -0.3 is 15.5 Å². The van der Waals surface area contributed by atoms with Gasteiger partial charge in [-0.1, -0.05) is 18.2 Å². The Kier molecular flexibility index (Phi) is 3.17. The van der Waals surface area contributed by atoms with E-state index in [9.17, 15) is 10.2 Å². The van der Waals surface area contributed by atoms with E-state index >= 15 is 0 Å².